The van der Waals surface area contributed by atoms with Crippen LogP contribution in [-0.2, 0) is 0 Å². The van der Waals surface area contributed by atoms with Crippen molar-refractivity contribution in [2.24, 2.45) is 5.92 Å². The third-order valence-corrected chi connectivity index (χ3v) is 5.55. The minimum absolute atomic E-state index is 0.00373. The number of halogens is 2. The highest BCUT2D eigenvalue weighted by atomic mass is 19.1. The van der Waals surface area contributed by atoms with E-state index in [9.17, 15) is 8.78 Å². The molecule has 3 heteroatoms. The van der Waals surface area contributed by atoms with Gasteiger partial charge in [0.2, 0.25) is 0 Å². The van der Waals surface area contributed by atoms with E-state index in [0.717, 1.165) is 5.92 Å². The van der Waals surface area contributed by atoms with Crippen LogP contribution < -0.4 is 5.73 Å². The topological polar surface area (TPSA) is 26.0 Å². The van der Waals surface area contributed by atoms with E-state index in [0.29, 0.717) is 11.5 Å². The van der Waals surface area contributed by atoms with Gasteiger partial charge in [-0.2, -0.15) is 0 Å². The lowest BCUT2D eigenvalue weighted by molar-refractivity contribution is 0.304. The van der Waals surface area contributed by atoms with Gasteiger partial charge in [-0.15, -0.1) is 0 Å². The minimum Gasteiger partial charge on any atom is -0.399 e. The average Bonchev–Trinajstić information content (AvgIpc) is 2.60. The summed E-state index contributed by atoms with van der Waals surface area (Å²) in [6.07, 6.45) is 9.01. The fourth-order valence-corrected chi connectivity index (χ4v) is 4.07. The van der Waals surface area contributed by atoms with Crippen LogP contribution in [0.2, 0.25) is 0 Å². The highest BCUT2D eigenvalue weighted by Gasteiger charge is 2.22. The number of nitrogens with two attached hydrogens (primary N) is 1. The van der Waals surface area contributed by atoms with Crippen LogP contribution in [0.4, 0.5) is 14.5 Å². The Labute approximate surface area is 149 Å². The summed E-state index contributed by atoms with van der Waals surface area (Å²) in [6.45, 7) is 2.25. The molecule has 0 atom stereocenters. The summed E-state index contributed by atoms with van der Waals surface area (Å²) < 4.78 is 28.2. The van der Waals surface area contributed by atoms with Gasteiger partial charge in [-0.25, -0.2) is 8.78 Å². The van der Waals surface area contributed by atoms with Crippen molar-refractivity contribution in [2.75, 3.05) is 5.73 Å². The predicted molar refractivity (Wildman–Crippen MR) is 100 cm³/mol. The van der Waals surface area contributed by atoms with Crippen LogP contribution in [0.5, 0.6) is 0 Å². The quantitative estimate of drug-likeness (QED) is 0.602. The molecule has 0 aromatic heterocycles. The Hall–Kier alpha value is -1.90. The predicted octanol–water partition coefficient (Wildman–Crippen LogP) is 6.68. The van der Waals surface area contributed by atoms with Crippen LogP contribution in [0.3, 0.4) is 0 Å². The van der Waals surface area contributed by atoms with E-state index in [1.165, 1.54) is 62.6 Å². The molecule has 1 aliphatic rings. The highest BCUT2D eigenvalue weighted by Crippen LogP contribution is 2.38. The molecule has 2 aromatic carbocycles. The molecule has 0 bridgehead atoms. The molecule has 3 rings (SSSR count). The van der Waals surface area contributed by atoms with E-state index in [1.807, 2.05) is 24.3 Å². The smallest absolute Gasteiger partial charge is 0.136 e. The first-order valence-electron chi connectivity index (χ1n) is 9.43. The van der Waals surface area contributed by atoms with E-state index in [1.54, 1.807) is 0 Å². The van der Waals surface area contributed by atoms with Gasteiger partial charge < -0.3 is 5.73 Å². The van der Waals surface area contributed by atoms with Gasteiger partial charge in [0.1, 0.15) is 11.6 Å². The first-order valence-corrected chi connectivity index (χ1v) is 9.43. The first kappa shape index (κ1) is 17.9. The number of nitrogen functional groups attached to an aromatic ring is 1. The molecule has 0 radical (unpaired) electrons. The number of hydrogen-bond acceptors (Lipinski definition) is 1. The molecule has 0 amide bonds. The van der Waals surface area contributed by atoms with Crippen LogP contribution in [0, 0.1) is 17.6 Å². The Bertz CT molecular complexity index is 677. The molecule has 0 aliphatic heterocycles. The van der Waals surface area contributed by atoms with Crippen molar-refractivity contribution in [1.29, 1.82) is 0 Å². The van der Waals surface area contributed by atoms with Gasteiger partial charge in [-0.3, -0.25) is 0 Å². The van der Waals surface area contributed by atoms with Crippen molar-refractivity contribution in [2.45, 2.75) is 57.8 Å². The number of unbranched alkanes of at least 4 members (excludes halogenated alkanes) is 1. The van der Waals surface area contributed by atoms with Gasteiger partial charge in [0, 0.05) is 5.69 Å². The van der Waals surface area contributed by atoms with Crippen molar-refractivity contribution < 1.29 is 8.78 Å². The third kappa shape index (κ3) is 4.20. The summed E-state index contributed by atoms with van der Waals surface area (Å²) in [7, 11) is 0. The normalized spacial score (nSPS) is 20.6. The molecule has 1 saturated carbocycles. The minimum atomic E-state index is -0.610. The molecule has 0 unspecified atom stereocenters. The summed E-state index contributed by atoms with van der Waals surface area (Å²) >= 11 is 0. The van der Waals surface area contributed by atoms with E-state index < -0.39 is 11.6 Å². The van der Waals surface area contributed by atoms with Gasteiger partial charge >= 0.3 is 0 Å². The molecule has 134 valence electrons. The fraction of sp³-hybridized carbons (Fsp3) is 0.455. The lowest BCUT2D eigenvalue weighted by Gasteiger charge is -2.29. The maximum atomic E-state index is 14.1. The summed E-state index contributed by atoms with van der Waals surface area (Å²) in [4.78, 5) is 0. The van der Waals surface area contributed by atoms with E-state index >= 15 is 0 Å². The molecule has 1 fully saturated rings. The average molecular weight is 343 g/mol. The van der Waals surface area contributed by atoms with Gasteiger partial charge in [0.25, 0.3) is 0 Å². The van der Waals surface area contributed by atoms with E-state index in [-0.39, 0.29) is 11.3 Å². The van der Waals surface area contributed by atoms with Crippen molar-refractivity contribution in [1.82, 2.24) is 0 Å². The molecule has 0 heterocycles. The number of benzene rings is 2. The Balaban J connectivity index is 1.70. The standard InChI is InChI=1S/C22H27F2N/c1-2-3-4-15-5-7-16(8-6-15)17-9-11-18(12-10-17)22-20(23)13-19(25)14-21(22)24/h9-16H,2-8,25H2,1H3. The Kier molecular flexibility index (Phi) is 5.72. The van der Waals surface area contributed by atoms with Gasteiger partial charge in [0.15, 0.2) is 0 Å². The molecule has 0 spiro atoms. The zero-order chi connectivity index (χ0) is 17.8. The molecule has 2 N–H and O–H groups in total. The third-order valence-electron chi connectivity index (χ3n) is 5.55. The summed E-state index contributed by atoms with van der Waals surface area (Å²) in [6, 6.07) is 10.1. The Morgan fingerprint density at radius 1 is 0.960 bits per heavy atom. The lowest BCUT2D eigenvalue weighted by atomic mass is 9.77. The molecule has 2 aromatic rings. The van der Waals surface area contributed by atoms with Gasteiger partial charge in [0.05, 0.1) is 5.56 Å². The molecular formula is C22H27F2N. The highest BCUT2D eigenvalue weighted by molar-refractivity contribution is 5.67. The second-order valence-electron chi connectivity index (χ2n) is 7.34. The largest absolute Gasteiger partial charge is 0.399 e. The van der Waals surface area contributed by atoms with Crippen LogP contribution in [-0.4, -0.2) is 0 Å². The van der Waals surface area contributed by atoms with E-state index in [2.05, 4.69) is 6.92 Å². The van der Waals surface area contributed by atoms with Crippen LogP contribution >= 0.6 is 0 Å². The van der Waals surface area contributed by atoms with Crippen LogP contribution in [0.15, 0.2) is 36.4 Å². The fourth-order valence-electron chi connectivity index (χ4n) is 4.07. The summed E-state index contributed by atoms with van der Waals surface area (Å²) in [5.41, 5.74) is 7.45. The molecular weight excluding hydrogens is 316 g/mol. The van der Waals surface area contributed by atoms with E-state index in [4.69, 9.17) is 5.73 Å². The molecule has 1 nitrogen and oxygen atoms in total. The SMILES string of the molecule is CCCCC1CCC(c2ccc(-c3c(F)cc(N)cc3F)cc2)CC1. The number of rotatable bonds is 5. The Morgan fingerprint density at radius 2 is 1.56 bits per heavy atom. The Morgan fingerprint density at radius 3 is 2.12 bits per heavy atom. The maximum Gasteiger partial charge on any atom is 0.136 e. The van der Waals surface area contributed by atoms with Crippen LogP contribution in [0.25, 0.3) is 11.1 Å². The van der Waals surface area contributed by atoms with Crippen molar-refractivity contribution in [3.8, 4) is 11.1 Å². The second kappa shape index (κ2) is 7.99. The van der Waals surface area contributed by atoms with Gasteiger partial charge in [-0.05, 0) is 60.8 Å². The molecule has 1 aliphatic carbocycles. The molecule has 0 saturated heterocycles. The summed E-state index contributed by atoms with van der Waals surface area (Å²) in [5.74, 6) is 0.241. The van der Waals surface area contributed by atoms with Crippen molar-refractivity contribution >= 4 is 5.69 Å². The van der Waals surface area contributed by atoms with Gasteiger partial charge in [-0.1, -0.05) is 50.5 Å². The number of anilines is 1. The monoisotopic (exact) mass is 343 g/mol. The zero-order valence-corrected chi connectivity index (χ0v) is 14.9. The second-order valence-corrected chi connectivity index (χ2v) is 7.34. The number of hydrogen-bond donors (Lipinski definition) is 1. The molecule has 25 heavy (non-hydrogen) atoms. The van der Waals surface area contributed by atoms with Crippen molar-refractivity contribution in [3.63, 3.8) is 0 Å². The zero-order valence-electron chi connectivity index (χ0n) is 14.9. The summed E-state index contributed by atoms with van der Waals surface area (Å²) in [5, 5.41) is 0. The lowest BCUT2D eigenvalue weighted by Crippen LogP contribution is -2.13. The first-order chi connectivity index (χ1) is 12.1. The maximum absolute atomic E-state index is 14.1. The van der Waals surface area contributed by atoms with Crippen molar-refractivity contribution in [3.05, 3.63) is 53.6 Å². The van der Waals surface area contributed by atoms with Crippen LogP contribution in [0.1, 0.15) is 63.4 Å².